The van der Waals surface area contributed by atoms with Gasteiger partial charge in [0.05, 0.1) is 0 Å². The van der Waals surface area contributed by atoms with Gasteiger partial charge in [0.25, 0.3) is 0 Å². The maximum atomic E-state index is 2.55. The van der Waals surface area contributed by atoms with Crippen LogP contribution in [-0.2, 0) is 0 Å². The number of hydrogen-bond donors (Lipinski definition) is 0. The van der Waals surface area contributed by atoms with Crippen LogP contribution in [0.1, 0.15) is 20.8 Å². The van der Waals surface area contributed by atoms with Gasteiger partial charge in [-0.2, -0.15) is 0 Å². The summed E-state index contributed by atoms with van der Waals surface area (Å²) in [4.78, 5) is 0. The molecule has 0 atom stereocenters. The van der Waals surface area contributed by atoms with Crippen molar-refractivity contribution < 1.29 is 0 Å². The van der Waals surface area contributed by atoms with Crippen molar-refractivity contribution in [3.05, 3.63) is 60.7 Å². The van der Waals surface area contributed by atoms with Crippen molar-refractivity contribution in [1.29, 1.82) is 0 Å². The van der Waals surface area contributed by atoms with Gasteiger partial charge in [-0.05, 0) is 0 Å². The van der Waals surface area contributed by atoms with E-state index in [9.17, 15) is 0 Å². The molecule has 2 aromatic carbocycles. The van der Waals surface area contributed by atoms with Gasteiger partial charge in [-0.3, -0.25) is 0 Å². The average Bonchev–Trinajstić information content (AvgIpc) is 2.39. The van der Waals surface area contributed by atoms with Crippen molar-refractivity contribution in [3.63, 3.8) is 0 Å². The molecule has 0 aliphatic heterocycles. The Kier molecular flexibility index (Phi) is 4.20. The minimum absolute atomic E-state index is 0.375. The summed E-state index contributed by atoms with van der Waals surface area (Å²) < 4.78 is 3.17. The molecule has 0 saturated heterocycles. The Balaban J connectivity index is 2.51. The molecule has 0 nitrogen and oxygen atoms in total. The van der Waals surface area contributed by atoms with Crippen molar-refractivity contribution in [1.82, 2.24) is 0 Å². The second-order valence-corrected chi connectivity index (χ2v) is 15.6. The van der Waals surface area contributed by atoms with Gasteiger partial charge in [0.2, 0.25) is 0 Å². The first kappa shape index (κ1) is 14.4. The van der Waals surface area contributed by atoms with E-state index < -0.39 is 13.3 Å². The second kappa shape index (κ2) is 5.54. The van der Waals surface area contributed by atoms with E-state index in [-0.39, 0.29) is 0 Å². The Morgan fingerprint density at radius 1 is 0.737 bits per heavy atom. The summed E-state index contributed by atoms with van der Waals surface area (Å²) in [5.74, 6) is 2.55. The van der Waals surface area contributed by atoms with Crippen LogP contribution in [0.25, 0.3) is 0 Å². The second-order valence-electron chi connectivity index (χ2n) is 6.80. The van der Waals surface area contributed by atoms with Crippen LogP contribution in [0.15, 0.2) is 60.7 Å². The zero-order valence-electron chi connectivity index (χ0n) is 12.5. The van der Waals surface area contributed by atoms with Crippen LogP contribution in [0.3, 0.4) is 0 Å². The summed E-state index contributed by atoms with van der Waals surface area (Å²) in [6.07, 6.45) is 0. The SMILES string of the molecule is CC(C)(C)[CH2][Ge]([CH3])([c]1ccccc1)[c]1ccccc1. The van der Waals surface area contributed by atoms with Gasteiger partial charge in [-0.25, -0.2) is 0 Å². The molecule has 100 valence electrons. The van der Waals surface area contributed by atoms with E-state index in [1.807, 2.05) is 0 Å². The van der Waals surface area contributed by atoms with E-state index in [1.54, 1.807) is 8.79 Å². The Hall–Kier alpha value is -1.02. The average molecular weight is 313 g/mol. The molecule has 0 aromatic heterocycles. The van der Waals surface area contributed by atoms with Gasteiger partial charge < -0.3 is 0 Å². The Labute approximate surface area is 120 Å². The molecule has 0 heterocycles. The first-order valence-corrected chi connectivity index (χ1v) is 12.7. The zero-order valence-corrected chi connectivity index (χ0v) is 14.6. The minimum atomic E-state index is -2.23. The molecule has 2 rings (SSSR count). The molecule has 1 heteroatoms. The standard InChI is InChI=1S/C18H24Ge/c1-18(2,3)15-19(4,16-11-7-5-8-12-16)17-13-9-6-10-14-17/h5-14H,15H2,1-4H3. The zero-order chi connectivity index (χ0) is 13.9. The normalized spacial score (nSPS) is 12.4. The molecule has 0 aliphatic carbocycles. The van der Waals surface area contributed by atoms with E-state index >= 15 is 0 Å². The monoisotopic (exact) mass is 314 g/mol. The number of hydrogen-bond acceptors (Lipinski definition) is 0. The van der Waals surface area contributed by atoms with Crippen molar-refractivity contribution in [3.8, 4) is 0 Å². The predicted octanol–water partition coefficient (Wildman–Crippen LogP) is 3.93. The van der Waals surface area contributed by atoms with Crippen molar-refractivity contribution in [2.24, 2.45) is 5.41 Å². The Morgan fingerprint density at radius 3 is 1.42 bits per heavy atom. The fourth-order valence-corrected chi connectivity index (χ4v) is 12.9. The number of benzene rings is 2. The van der Waals surface area contributed by atoms with Gasteiger partial charge in [0.1, 0.15) is 0 Å². The first-order chi connectivity index (χ1) is 8.92. The van der Waals surface area contributed by atoms with Crippen LogP contribution < -0.4 is 8.79 Å². The van der Waals surface area contributed by atoms with Gasteiger partial charge in [-0.15, -0.1) is 0 Å². The first-order valence-electron chi connectivity index (χ1n) is 7.03. The molecule has 0 radical (unpaired) electrons. The fourth-order valence-electron chi connectivity index (χ4n) is 3.04. The van der Waals surface area contributed by atoms with E-state index in [0.717, 1.165) is 0 Å². The van der Waals surface area contributed by atoms with Crippen molar-refractivity contribution in [2.45, 2.75) is 31.8 Å². The van der Waals surface area contributed by atoms with E-state index in [2.05, 4.69) is 87.2 Å². The van der Waals surface area contributed by atoms with Crippen molar-refractivity contribution in [2.75, 3.05) is 0 Å². The summed E-state index contributed by atoms with van der Waals surface area (Å²) in [6, 6.07) is 22.3. The van der Waals surface area contributed by atoms with Gasteiger partial charge in [0, 0.05) is 0 Å². The Bertz CT molecular complexity index is 469. The molecular weight excluding hydrogens is 289 g/mol. The molecule has 19 heavy (non-hydrogen) atoms. The van der Waals surface area contributed by atoms with Crippen LogP contribution >= 0.6 is 0 Å². The quantitative estimate of drug-likeness (QED) is 0.753. The third-order valence-electron chi connectivity index (χ3n) is 3.71. The molecule has 0 spiro atoms. The van der Waals surface area contributed by atoms with E-state index in [0.29, 0.717) is 5.41 Å². The molecule has 0 bridgehead atoms. The summed E-state index contributed by atoms with van der Waals surface area (Å²) >= 11 is -2.23. The van der Waals surface area contributed by atoms with Crippen LogP contribution in [0.2, 0.25) is 11.0 Å². The van der Waals surface area contributed by atoms with Crippen molar-refractivity contribution >= 4 is 22.1 Å². The molecule has 0 amide bonds. The molecular formula is C18H24Ge. The molecule has 0 fully saturated rings. The van der Waals surface area contributed by atoms with Crippen LogP contribution in [0.4, 0.5) is 0 Å². The van der Waals surface area contributed by atoms with Crippen LogP contribution in [0.5, 0.6) is 0 Å². The van der Waals surface area contributed by atoms with E-state index in [4.69, 9.17) is 0 Å². The third kappa shape index (κ3) is 3.50. The van der Waals surface area contributed by atoms with Crippen LogP contribution in [0, 0.1) is 5.41 Å². The third-order valence-corrected chi connectivity index (χ3v) is 14.2. The number of rotatable bonds is 3. The van der Waals surface area contributed by atoms with Crippen LogP contribution in [-0.4, -0.2) is 13.3 Å². The summed E-state index contributed by atoms with van der Waals surface area (Å²) in [5.41, 5.74) is 0.375. The molecule has 0 N–H and O–H groups in total. The molecule has 2 aromatic rings. The van der Waals surface area contributed by atoms with Gasteiger partial charge in [0.15, 0.2) is 0 Å². The molecule has 0 saturated carbocycles. The fraction of sp³-hybridized carbons (Fsp3) is 0.333. The molecule has 0 unspecified atom stereocenters. The predicted molar refractivity (Wildman–Crippen MR) is 88.0 cm³/mol. The summed E-state index contributed by atoms with van der Waals surface area (Å²) in [5, 5.41) is 1.32. The van der Waals surface area contributed by atoms with E-state index in [1.165, 1.54) is 5.25 Å². The Morgan fingerprint density at radius 2 is 1.11 bits per heavy atom. The van der Waals surface area contributed by atoms with Gasteiger partial charge >= 0.3 is 120 Å². The molecule has 0 aliphatic rings. The van der Waals surface area contributed by atoms with Gasteiger partial charge in [-0.1, -0.05) is 0 Å². The summed E-state index contributed by atoms with van der Waals surface area (Å²) in [6.45, 7) is 7.09. The summed E-state index contributed by atoms with van der Waals surface area (Å²) in [7, 11) is 0. The maximum absolute atomic E-state index is 2.55. The topological polar surface area (TPSA) is 0 Å².